The smallest absolute Gasteiger partial charge is 0.305 e. The number of unbranched alkanes of at least 4 members (excludes halogenated alkanes) is 11. The number of rotatable bonds is 19. The third kappa shape index (κ3) is 21.0. The van der Waals surface area contributed by atoms with E-state index >= 15 is 0 Å². The lowest BCUT2D eigenvalue weighted by Gasteiger charge is -2.05. The van der Waals surface area contributed by atoms with Crippen molar-refractivity contribution in [1.82, 2.24) is 0 Å². The van der Waals surface area contributed by atoms with Crippen LogP contribution in [0.15, 0.2) is 0 Å². The number of carbonyl (C=O) groups is 2. The highest BCUT2D eigenvalue weighted by atomic mass is 16.5. The molecule has 0 aliphatic heterocycles. The second-order valence-electron chi connectivity index (χ2n) is 7.89. The number of carboxylic acid groups (broad SMARTS) is 1. The van der Waals surface area contributed by atoms with Crippen LogP contribution in [-0.4, -0.2) is 23.7 Å². The lowest BCUT2D eigenvalue weighted by Crippen LogP contribution is -2.07. The Morgan fingerprint density at radius 3 is 1.62 bits per heavy atom. The molecule has 0 heterocycles. The number of aliphatic carboxylic acids is 1. The highest BCUT2D eigenvalue weighted by Gasteiger charge is 2.03. The molecule has 0 saturated carbocycles. The highest BCUT2D eigenvalue weighted by molar-refractivity contribution is 5.69. The van der Waals surface area contributed by atoms with Gasteiger partial charge in [-0.1, -0.05) is 90.9 Å². The van der Waals surface area contributed by atoms with Crippen LogP contribution in [0.3, 0.4) is 0 Å². The molecule has 0 aliphatic carbocycles. The van der Waals surface area contributed by atoms with E-state index in [1.807, 2.05) is 0 Å². The second kappa shape index (κ2) is 18.7. The van der Waals surface area contributed by atoms with Gasteiger partial charge in [0, 0.05) is 12.8 Å². The summed E-state index contributed by atoms with van der Waals surface area (Å²) in [5.74, 6) is -0.184. The number of carbonyl (C=O) groups excluding carboxylic acids is 1. The van der Waals surface area contributed by atoms with Gasteiger partial charge in [-0.15, -0.1) is 0 Å². The number of hydrogen-bond donors (Lipinski definition) is 1. The molecule has 0 spiro atoms. The molecule has 0 unspecified atom stereocenters. The molecule has 0 amide bonds. The summed E-state index contributed by atoms with van der Waals surface area (Å²) >= 11 is 0. The standard InChI is InChI=1S/C22H42O4/c1-20(2)16-13-11-9-7-5-3-4-6-8-10-12-14-18-22(25)26-19-15-17-21(23)24/h20H,3-19H2,1-2H3,(H,23,24). The van der Waals surface area contributed by atoms with Crippen molar-refractivity contribution >= 4 is 11.9 Å². The summed E-state index contributed by atoms with van der Waals surface area (Å²) in [6, 6.07) is 0. The van der Waals surface area contributed by atoms with Crippen molar-refractivity contribution in [3.8, 4) is 0 Å². The van der Waals surface area contributed by atoms with Gasteiger partial charge in [-0.2, -0.15) is 0 Å². The molecule has 154 valence electrons. The number of ether oxygens (including phenoxy) is 1. The number of carboxylic acids is 1. The molecule has 0 atom stereocenters. The van der Waals surface area contributed by atoms with Gasteiger partial charge in [0.1, 0.15) is 0 Å². The first kappa shape index (κ1) is 24.9. The van der Waals surface area contributed by atoms with Crippen LogP contribution in [-0.2, 0) is 14.3 Å². The van der Waals surface area contributed by atoms with Crippen molar-refractivity contribution in [2.75, 3.05) is 6.61 Å². The zero-order chi connectivity index (χ0) is 19.5. The molecule has 0 saturated heterocycles. The fourth-order valence-electron chi connectivity index (χ4n) is 3.07. The van der Waals surface area contributed by atoms with E-state index in [2.05, 4.69) is 13.8 Å². The first-order chi connectivity index (χ1) is 12.5. The van der Waals surface area contributed by atoms with Gasteiger partial charge in [0.15, 0.2) is 0 Å². The van der Waals surface area contributed by atoms with E-state index < -0.39 is 5.97 Å². The van der Waals surface area contributed by atoms with Gasteiger partial charge in [-0.3, -0.25) is 9.59 Å². The van der Waals surface area contributed by atoms with Crippen molar-refractivity contribution in [2.24, 2.45) is 5.92 Å². The Kier molecular flexibility index (Phi) is 18.0. The average molecular weight is 371 g/mol. The Morgan fingerprint density at radius 2 is 1.15 bits per heavy atom. The van der Waals surface area contributed by atoms with E-state index in [4.69, 9.17) is 9.84 Å². The quantitative estimate of drug-likeness (QED) is 0.208. The van der Waals surface area contributed by atoms with Crippen molar-refractivity contribution in [3.63, 3.8) is 0 Å². The molecule has 1 N–H and O–H groups in total. The minimum Gasteiger partial charge on any atom is -0.481 e. The van der Waals surface area contributed by atoms with Gasteiger partial charge in [-0.05, 0) is 18.8 Å². The molecule has 26 heavy (non-hydrogen) atoms. The van der Waals surface area contributed by atoms with Crippen molar-refractivity contribution < 1.29 is 19.4 Å². The van der Waals surface area contributed by atoms with Crippen LogP contribution in [0.4, 0.5) is 0 Å². The molecule has 0 aliphatic rings. The van der Waals surface area contributed by atoms with E-state index in [9.17, 15) is 9.59 Å². The van der Waals surface area contributed by atoms with Gasteiger partial charge in [0.05, 0.1) is 6.61 Å². The van der Waals surface area contributed by atoms with Crippen LogP contribution < -0.4 is 0 Å². The summed E-state index contributed by atoms with van der Waals surface area (Å²) in [6.45, 7) is 4.83. The van der Waals surface area contributed by atoms with Crippen LogP contribution in [0.25, 0.3) is 0 Å². The monoisotopic (exact) mass is 370 g/mol. The first-order valence-corrected chi connectivity index (χ1v) is 10.9. The van der Waals surface area contributed by atoms with E-state index in [0.717, 1.165) is 18.8 Å². The van der Waals surface area contributed by atoms with Gasteiger partial charge >= 0.3 is 11.9 Å². The van der Waals surface area contributed by atoms with E-state index in [0.29, 0.717) is 12.8 Å². The van der Waals surface area contributed by atoms with Crippen molar-refractivity contribution in [1.29, 1.82) is 0 Å². The zero-order valence-electron chi connectivity index (χ0n) is 17.3. The van der Waals surface area contributed by atoms with Gasteiger partial charge < -0.3 is 9.84 Å². The Morgan fingerprint density at radius 1 is 0.692 bits per heavy atom. The van der Waals surface area contributed by atoms with Crippen LogP contribution in [0.5, 0.6) is 0 Å². The number of hydrogen-bond acceptors (Lipinski definition) is 3. The Labute approximate surface area is 161 Å². The maximum Gasteiger partial charge on any atom is 0.305 e. The maximum atomic E-state index is 11.5. The van der Waals surface area contributed by atoms with E-state index in [1.54, 1.807) is 0 Å². The van der Waals surface area contributed by atoms with Gasteiger partial charge in [0.25, 0.3) is 0 Å². The summed E-state index contributed by atoms with van der Waals surface area (Å²) in [5, 5.41) is 8.49. The summed E-state index contributed by atoms with van der Waals surface area (Å²) < 4.78 is 5.01. The third-order valence-electron chi connectivity index (χ3n) is 4.71. The van der Waals surface area contributed by atoms with Crippen LogP contribution in [0.1, 0.15) is 117 Å². The molecule has 0 rings (SSSR count). The third-order valence-corrected chi connectivity index (χ3v) is 4.71. The van der Waals surface area contributed by atoms with E-state index in [-0.39, 0.29) is 19.0 Å². The predicted octanol–water partition coefficient (Wildman–Crippen LogP) is 6.51. The van der Waals surface area contributed by atoms with E-state index in [1.165, 1.54) is 70.6 Å². The lowest BCUT2D eigenvalue weighted by atomic mass is 10.0. The van der Waals surface area contributed by atoms with Crippen molar-refractivity contribution in [3.05, 3.63) is 0 Å². The van der Waals surface area contributed by atoms with Crippen molar-refractivity contribution in [2.45, 2.75) is 117 Å². The molecule has 0 fully saturated rings. The fourth-order valence-corrected chi connectivity index (χ4v) is 3.07. The predicted molar refractivity (Wildman–Crippen MR) is 107 cm³/mol. The summed E-state index contributed by atoms with van der Waals surface area (Å²) in [4.78, 5) is 21.8. The first-order valence-electron chi connectivity index (χ1n) is 10.9. The SMILES string of the molecule is CC(C)CCCCCCCCCCCCCCC(=O)OCCCC(=O)O. The second-order valence-corrected chi connectivity index (χ2v) is 7.89. The van der Waals surface area contributed by atoms with Crippen LogP contribution in [0, 0.1) is 5.92 Å². The molecule has 0 bridgehead atoms. The average Bonchev–Trinajstić information content (AvgIpc) is 2.58. The molecule has 0 aromatic carbocycles. The molecule has 0 aromatic heterocycles. The Hall–Kier alpha value is -1.06. The number of esters is 1. The minimum atomic E-state index is -0.845. The molecular formula is C22H42O4. The molecule has 4 heteroatoms. The summed E-state index contributed by atoms with van der Waals surface area (Å²) in [5.41, 5.74) is 0. The largest absolute Gasteiger partial charge is 0.481 e. The Bertz CT molecular complexity index is 339. The minimum absolute atomic E-state index is 0.0609. The highest BCUT2D eigenvalue weighted by Crippen LogP contribution is 2.14. The fraction of sp³-hybridized carbons (Fsp3) is 0.909. The molecule has 0 aromatic rings. The van der Waals surface area contributed by atoms with Crippen LogP contribution in [0.2, 0.25) is 0 Å². The lowest BCUT2D eigenvalue weighted by molar-refractivity contribution is -0.145. The van der Waals surface area contributed by atoms with Crippen LogP contribution >= 0.6 is 0 Å². The Balaban J connectivity index is 3.15. The summed E-state index contributed by atoms with van der Waals surface area (Å²) in [6.07, 6.45) is 17.7. The molecule has 4 nitrogen and oxygen atoms in total. The molecular weight excluding hydrogens is 328 g/mol. The van der Waals surface area contributed by atoms with Gasteiger partial charge in [0.2, 0.25) is 0 Å². The molecule has 0 radical (unpaired) electrons. The topological polar surface area (TPSA) is 63.6 Å². The maximum absolute atomic E-state index is 11.5. The van der Waals surface area contributed by atoms with Gasteiger partial charge in [-0.25, -0.2) is 0 Å². The summed E-state index contributed by atoms with van der Waals surface area (Å²) in [7, 11) is 0. The zero-order valence-corrected chi connectivity index (χ0v) is 17.3. The normalized spacial score (nSPS) is 11.0.